The maximum Gasteiger partial charge on any atom is 0.309 e. The first kappa shape index (κ1) is 20.5. The third-order valence-corrected chi connectivity index (χ3v) is 6.33. The van der Waals surface area contributed by atoms with Gasteiger partial charge in [0.1, 0.15) is 11.7 Å². The maximum atomic E-state index is 13.5. The summed E-state index contributed by atoms with van der Waals surface area (Å²) in [7, 11) is 0. The first-order valence-corrected chi connectivity index (χ1v) is 11.0. The van der Waals surface area contributed by atoms with Gasteiger partial charge >= 0.3 is 5.97 Å². The number of hydrogen-bond donors (Lipinski definition) is 1. The summed E-state index contributed by atoms with van der Waals surface area (Å²) >= 11 is 0. The third-order valence-electron chi connectivity index (χ3n) is 6.33. The molecule has 162 valence electrons. The van der Waals surface area contributed by atoms with Gasteiger partial charge in [0.15, 0.2) is 0 Å². The number of carbonyl (C=O) groups is 2. The minimum atomic E-state index is -0.827. The topological polar surface area (TPSA) is 68.6 Å². The summed E-state index contributed by atoms with van der Waals surface area (Å²) in [6.07, 6.45) is -0.827. The van der Waals surface area contributed by atoms with Gasteiger partial charge in [0.05, 0.1) is 12.0 Å². The molecule has 0 spiro atoms. The van der Waals surface area contributed by atoms with E-state index in [-0.39, 0.29) is 29.9 Å². The number of hydrogen-bond acceptors (Lipinski definition) is 4. The highest BCUT2D eigenvalue weighted by Gasteiger charge is 2.69. The molecule has 2 aliphatic rings. The zero-order chi connectivity index (χ0) is 22.3. The molecule has 1 N–H and O–H groups in total. The molecule has 2 unspecified atom stereocenters. The summed E-state index contributed by atoms with van der Waals surface area (Å²) in [5, 5.41) is 3.61. The normalized spacial score (nSPS) is 26.5. The monoisotopic (exact) mass is 426 g/mol. The van der Waals surface area contributed by atoms with Crippen LogP contribution >= 0.6 is 0 Å². The fourth-order valence-electron chi connectivity index (χ4n) is 4.64. The van der Waals surface area contributed by atoms with Gasteiger partial charge in [-0.05, 0) is 16.7 Å². The predicted molar refractivity (Wildman–Crippen MR) is 121 cm³/mol. The Morgan fingerprint density at radius 1 is 0.875 bits per heavy atom. The molecule has 2 heterocycles. The van der Waals surface area contributed by atoms with Gasteiger partial charge in [0.25, 0.3) is 5.91 Å². The summed E-state index contributed by atoms with van der Waals surface area (Å²) < 4.78 is 5.70. The van der Waals surface area contributed by atoms with Crippen molar-refractivity contribution in [2.24, 2.45) is 5.92 Å². The van der Waals surface area contributed by atoms with Gasteiger partial charge in [-0.2, -0.15) is 0 Å². The van der Waals surface area contributed by atoms with Crippen LogP contribution in [0.5, 0.6) is 0 Å². The van der Waals surface area contributed by atoms with E-state index in [2.05, 4.69) is 17.4 Å². The number of benzene rings is 3. The van der Waals surface area contributed by atoms with Gasteiger partial charge in [-0.25, -0.2) is 0 Å². The Morgan fingerprint density at radius 3 is 1.97 bits per heavy atom. The van der Waals surface area contributed by atoms with E-state index in [9.17, 15) is 9.59 Å². The van der Waals surface area contributed by atoms with Crippen LogP contribution < -0.4 is 5.32 Å². The van der Waals surface area contributed by atoms with Crippen molar-refractivity contribution in [1.29, 1.82) is 0 Å². The van der Waals surface area contributed by atoms with E-state index in [4.69, 9.17) is 4.74 Å². The summed E-state index contributed by atoms with van der Waals surface area (Å²) in [5.41, 5.74) is 2.38. The number of amides is 1. The predicted octanol–water partition coefficient (Wildman–Crippen LogP) is 4.34. The minimum absolute atomic E-state index is 0.0528. The van der Waals surface area contributed by atoms with Crippen molar-refractivity contribution in [3.63, 3.8) is 0 Å². The average Bonchev–Trinajstić information content (AvgIpc) is 3.58. The second kappa shape index (κ2) is 7.92. The minimum Gasteiger partial charge on any atom is -0.449 e. The van der Waals surface area contributed by atoms with Crippen molar-refractivity contribution >= 4 is 11.9 Å². The molecule has 5 rings (SSSR count). The number of ether oxygens (including phenoxy) is 1. The highest BCUT2D eigenvalue weighted by Crippen LogP contribution is 2.58. The lowest BCUT2D eigenvalue weighted by molar-refractivity contribution is -0.192. The Labute approximate surface area is 188 Å². The van der Waals surface area contributed by atoms with Crippen LogP contribution in [0.4, 0.5) is 0 Å². The highest BCUT2D eigenvalue weighted by molar-refractivity contribution is 5.92. The van der Waals surface area contributed by atoms with Gasteiger partial charge < -0.3 is 9.64 Å². The largest absolute Gasteiger partial charge is 0.449 e. The Kier molecular flexibility index (Phi) is 5.06. The quantitative estimate of drug-likeness (QED) is 0.362. The molecule has 0 radical (unpaired) electrons. The van der Waals surface area contributed by atoms with E-state index < -0.39 is 11.8 Å². The summed E-state index contributed by atoms with van der Waals surface area (Å²) in [5.74, 6) is -0.837. The van der Waals surface area contributed by atoms with Crippen LogP contribution in [0, 0.1) is 5.92 Å². The molecule has 1 amide bonds. The number of rotatable bonds is 6. The first-order valence-electron chi connectivity index (χ1n) is 11.0. The molecule has 5 heteroatoms. The number of nitrogens with one attached hydrogen (secondary N) is 1. The molecule has 4 atom stereocenters. The lowest BCUT2D eigenvalue weighted by Gasteiger charge is -2.50. The van der Waals surface area contributed by atoms with Crippen LogP contribution in [0.1, 0.15) is 42.6 Å². The van der Waals surface area contributed by atoms with Crippen LogP contribution in [0.2, 0.25) is 0 Å². The molecule has 0 bridgehead atoms. The van der Waals surface area contributed by atoms with Crippen LogP contribution in [-0.2, 0) is 20.0 Å². The Morgan fingerprint density at radius 2 is 1.41 bits per heavy atom. The molecular weight excluding hydrogens is 400 g/mol. The fourth-order valence-corrected chi connectivity index (χ4v) is 4.64. The fraction of sp³-hybridized carbons (Fsp3) is 0.259. The van der Waals surface area contributed by atoms with E-state index >= 15 is 0 Å². The van der Waals surface area contributed by atoms with E-state index in [0.29, 0.717) is 0 Å². The van der Waals surface area contributed by atoms with E-state index in [1.807, 2.05) is 83.8 Å². The molecule has 3 aromatic rings. The van der Waals surface area contributed by atoms with Gasteiger partial charge in [-0.3, -0.25) is 14.9 Å². The number of likely N-dealkylation sites (tertiary alicyclic amines) is 1. The molecular formula is C27H26N2O3. The molecule has 5 nitrogen and oxygen atoms in total. The molecule has 0 saturated carbocycles. The summed E-state index contributed by atoms with van der Waals surface area (Å²) in [6, 6.07) is 29.5. The van der Waals surface area contributed by atoms with Crippen molar-refractivity contribution < 1.29 is 14.3 Å². The zero-order valence-corrected chi connectivity index (χ0v) is 18.1. The highest BCUT2D eigenvalue weighted by atomic mass is 16.6. The van der Waals surface area contributed by atoms with Crippen LogP contribution in [0.15, 0.2) is 91.0 Å². The van der Waals surface area contributed by atoms with Crippen molar-refractivity contribution in [1.82, 2.24) is 10.2 Å². The molecule has 3 aromatic carbocycles. The van der Waals surface area contributed by atoms with E-state index in [1.165, 1.54) is 0 Å². The van der Waals surface area contributed by atoms with Gasteiger partial charge in [-0.1, -0.05) is 105 Å². The standard InChI is InChI=1S/C27H26N2O3/c1-18(2)26(31)32-23-22(19-12-6-3-7-13-19)29(25(23)30)27(21-16-10-5-11-17-21)24(28-27)20-14-8-4-9-15-20/h3-18,22-24,28H,1-2H3/t22?,23?,24-,27+/m0/s1. The SMILES string of the molecule is CC(C)C(=O)OC1C(=O)N([C@@]2(c3ccccc3)N[C@H]2c2ccccc2)C1c1ccccc1. The van der Waals surface area contributed by atoms with Crippen LogP contribution in [-0.4, -0.2) is 22.9 Å². The summed E-state index contributed by atoms with van der Waals surface area (Å²) in [6.45, 7) is 3.56. The molecule has 32 heavy (non-hydrogen) atoms. The average molecular weight is 427 g/mol. The van der Waals surface area contributed by atoms with Gasteiger partial charge in [-0.15, -0.1) is 0 Å². The number of nitrogens with zero attached hydrogens (tertiary/aromatic N) is 1. The molecule has 2 fully saturated rings. The molecule has 0 aromatic heterocycles. The van der Waals surface area contributed by atoms with Gasteiger partial charge in [0.2, 0.25) is 6.10 Å². The first-order chi connectivity index (χ1) is 15.5. The smallest absolute Gasteiger partial charge is 0.309 e. The Bertz CT molecular complexity index is 1120. The summed E-state index contributed by atoms with van der Waals surface area (Å²) in [4.78, 5) is 27.8. The second-order valence-electron chi connectivity index (χ2n) is 8.70. The van der Waals surface area contributed by atoms with Gasteiger partial charge in [0, 0.05) is 0 Å². The third kappa shape index (κ3) is 3.21. The van der Waals surface area contributed by atoms with Crippen molar-refractivity contribution in [2.45, 2.75) is 37.7 Å². The lowest BCUT2D eigenvalue weighted by Crippen LogP contribution is -2.65. The lowest BCUT2D eigenvalue weighted by atomic mass is 9.84. The molecule has 0 aliphatic carbocycles. The Balaban J connectivity index is 1.58. The van der Waals surface area contributed by atoms with E-state index in [0.717, 1.165) is 16.7 Å². The zero-order valence-electron chi connectivity index (χ0n) is 18.1. The van der Waals surface area contributed by atoms with Crippen molar-refractivity contribution in [2.75, 3.05) is 0 Å². The van der Waals surface area contributed by atoms with Crippen LogP contribution in [0.3, 0.4) is 0 Å². The van der Waals surface area contributed by atoms with Crippen LogP contribution in [0.25, 0.3) is 0 Å². The number of carbonyl (C=O) groups excluding carboxylic acids is 2. The number of β-lactam (4-membered cyclic amide) rings is 1. The molecule has 2 aliphatic heterocycles. The van der Waals surface area contributed by atoms with Crippen molar-refractivity contribution in [3.8, 4) is 0 Å². The number of esters is 1. The van der Waals surface area contributed by atoms with E-state index in [1.54, 1.807) is 13.8 Å². The molecule has 2 saturated heterocycles. The maximum absolute atomic E-state index is 13.5. The van der Waals surface area contributed by atoms with Crippen molar-refractivity contribution in [3.05, 3.63) is 108 Å². The second-order valence-corrected chi connectivity index (χ2v) is 8.70. The Hall–Kier alpha value is -3.44.